The summed E-state index contributed by atoms with van der Waals surface area (Å²) in [5.74, 6) is 0.653. The van der Waals surface area contributed by atoms with E-state index >= 15 is 0 Å². The van der Waals surface area contributed by atoms with Crippen LogP contribution in [0.1, 0.15) is 13.3 Å². The lowest BCUT2D eigenvalue weighted by Crippen LogP contribution is -1.90. The van der Waals surface area contributed by atoms with Gasteiger partial charge in [-0.15, -0.1) is 0 Å². The van der Waals surface area contributed by atoms with E-state index in [2.05, 4.69) is 43.4 Å². The first-order valence-corrected chi connectivity index (χ1v) is 3.39. The van der Waals surface area contributed by atoms with Gasteiger partial charge in [0.1, 0.15) is 0 Å². The smallest absolute Gasteiger partial charge is 0.00158 e. The van der Waals surface area contributed by atoms with Crippen LogP contribution in [0.3, 0.4) is 0 Å². The molecule has 0 amide bonds. The average molecular weight is 120 g/mol. The summed E-state index contributed by atoms with van der Waals surface area (Å²) in [5, 5.41) is 0. The van der Waals surface area contributed by atoms with Crippen molar-refractivity contribution in [3.8, 4) is 0 Å². The molecule has 0 heterocycles. The fourth-order valence-electron chi connectivity index (χ4n) is 0.990. The van der Waals surface area contributed by atoms with Crippen molar-refractivity contribution >= 4 is 0 Å². The van der Waals surface area contributed by atoms with Crippen LogP contribution in [0.25, 0.3) is 0 Å². The molecule has 0 aromatic carbocycles. The molecule has 1 aliphatic carbocycles. The Balaban J connectivity index is 2.46. The third kappa shape index (κ3) is 1.88. The van der Waals surface area contributed by atoms with E-state index < -0.39 is 0 Å². The molecule has 1 rings (SSSR count). The van der Waals surface area contributed by atoms with Crippen molar-refractivity contribution in [3.63, 3.8) is 0 Å². The van der Waals surface area contributed by atoms with Gasteiger partial charge in [0.25, 0.3) is 0 Å². The second-order valence-corrected chi connectivity index (χ2v) is 2.24. The topological polar surface area (TPSA) is 0 Å². The number of hydrogen-bond acceptors (Lipinski definition) is 0. The molecule has 0 spiro atoms. The molecule has 0 aromatic heterocycles. The zero-order valence-corrected chi connectivity index (χ0v) is 5.75. The molecule has 0 radical (unpaired) electrons. The third-order valence-electron chi connectivity index (χ3n) is 1.45. The van der Waals surface area contributed by atoms with Gasteiger partial charge in [-0.2, -0.15) is 0 Å². The molecule has 48 valence electrons. The molecule has 1 atom stereocenters. The second-order valence-electron chi connectivity index (χ2n) is 2.24. The summed E-state index contributed by atoms with van der Waals surface area (Å²) >= 11 is 0. The minimum absolute atomic E-state index is 0.653. The van der Waals surface area contributed by atoms with Gasteiger partial charge in [-0.1, -0.05) is 36.5 Å². The predicted molar refractivity (Wildman–Crippen MR) is 41.2 cm³/mol. The van der Waals surface area contributed by atoms with E-state index in [0.29, 0.717) is 5.92 Å². The molecular weight excluding hydrogens is 108 g/mol. The Hall–Kier alpha value is -0.780. The summed E-state index contributed by atoms with van der Waals surface area (Å²) in [6.45, 7) is 2.06. The van der Waals surface area contributed by atoms with Crippen molar-refractivity contribution in [2.45, 2.75) is 13.3 Å². The standard InChI is InChI=1S/C9H12/c1-2-6-9-7-4-3-5-8-9/h2-7,9H,8H2,1H3/b6-2+/t9-/m1/s1. The summed E-state index contributed by atoms with van der Waals surface area (Å²) < 4.78 is 0. The third-order valence-corrected chi connectivity index (χ3v) is 1.45. The normalized spacial score (nSPS) is 25.7. The molecule has 0 fully saturated rings. The van der Waals surface area contributed by atoms with Crippen molar-refractivity contribution in [1.29, 1.82) is 0 Å². The Bertz CT molecular complexity index is 149. The van der Waals surface area contributed by atoms with Crippen molar-refractivity contribution < 1.29 is 0 Å². The van der Waals surface area contributed by atoms with Gasteiger partial charge in [0.15, 0.2) is 0 Å². The molecule has 1 aliphatic rings. The van der Waals surface area contributed by atoms with Crippen LogP contribution >= 0.6 is 0 Å². The summed E-state index contributed by atoms with van der Waals surface area (Å²) in [6.07, 6.45) is 14.1. The molecule has 0 saturated heterocycles. The summed E-state index contributed by atoms with van der Waals surface area (Å²) in [6, 6.07) is 0. The average Bonchev–Trinajstić information content (AvgIpc) is 1.91. The number of allylic oxidation sites excluding steroid dienone is 6. The quantitative estimate of drug-likeness (QED) is 0.467. The largest absolute Gasteiger partial charge is 0.0911 e. The molecule has 0 heteroatoms. The van der Waals surface area contributed by atoms with Crippen LogP contribution in [0.4, 0.5) is 0 Å². The van der Waals surface area contributed by atoms with E-state index in [-0.39, 0.29) is 0 Å². The van der Waals surface area contributed by atoms with Crippen LogP contribution in [-0.4, -0.2) is 0 Å². The first kappa shape index (κ1) is 6.34. The van der Waals surface area contributed by atoms with Gasteiger partial charge in [0, 0.05) is 0 Å². The first-order valence-electron chi connectivity index (χ1n) is 3.39. The van der Waals surface area contributed by atoms with Gasteiger partial charge >= 0.3 is 0 Å². The minimum Gasteiger partial charge on any atom is -0.0911 e. The predicted octanol–water partition coefficient (Wildman–Crippen LogP) is 2.69. The minimum atomic E-state index is 0.653. The highest BCUT2D eigenvalue weighted by Crippen LogP contribution is 2.11. The van der Waals surface area contributed by atoms with E-state index in [0.717, 1.165) is 0 Å². The number of hydrogen-bond donors (Lipinski definition) is 0. The fraction of sp³-hybridized carbons (Fsp3) is 0.333. The molecule has 0 unspecified atom stereocenters. The van der Waals surface area contributed by atoms with Gasteiger partial charge in [-0.25, -0.2) is 0 Å². The summed E-state index contributed by atoms with van der Waals surface area (Å²) in [4.78, 5) is 0. The van der Waals surface area contributed by atoms with Crippen LogP contribution in [0.15, 0.2) is 36.5 Å². The zero-order chi connectivity index (χ0) is 6.53. The zero-order valence-electron chi connectivity index (χ0n) is 5.75. The molecule has 0 bridgehead atoms. The van der Waals surface area contributed by atoms with Gasteiger partial charge in [0.2, 0.25) is 0 Å². The highest BCUT2D eigenvalue weighted by Gasteiger charge is 1.97. The van der Waals surface area contributed by atoms with Crippen LogP contribution in [0.5, 0.6) is 0 Å². The molecule has 0 aliphatic heterocycles. The Morgan fingerprint density at radius 1 is 1.44 bits per heavy atom. The van der Waals surface area contributed by atoms with Gasteiger partial charge in [-0.3, -0.25) is 0 Å². The van der Waals surface area contributed by atoms with E-state index in [4.69, 9.17) is 0 Å². The molecular formula is C9H12. The molecule has 0 N–H and O–H groups in total. The van der Waals surface area contributed by atoms with Gasteiger partial charge in [-0.05, 0) is 19.3 Å². The summed E-state index contributed by atoms with van der Waals surface area (Å²) in [7, 11) is 0. The Morgan fingerprint density at radius 3 is 2.89 bits per heavy atom. The lowest BCUT2D eigenvalue weighted by Gasteiger charge is -2.05. The molecule has 0 saturated carbocycles. The lowest BCUT2D eigenvalue weighted by atomic mass is 10.0. The summed E-state index contributed by atoms with van der Waals surface area (Å²) in [5.41, 5.74) is 0. The first-order chi connectivity index (χ1) is 4.43. The maximum absolute atomic E-state index is 2.22. The van der Waals surface area contributed by atoms with E-state index in [9.17, 15) is 0 Å². The fourth-order valence-corrected chi connectivity index (χ4v) is 0.990. The van der Waals surface area contributed by atoms with Gasteiger partial charge in [0.05, 0.1) is 0 Å². The SMILES string of the molecule is C/C=C/[C@@H]1C=CC=CC1. The highest BCUT2D eigenvalue weighted by molar-refractivity contribution is 5.14. The van der Waals surface area contributed by atoms with E-state index in [1.165, 1.54) is 6.42 Å². The molecule has 9 heavy (non-hydrogen) atoms. The maximum atomic E-state index is 2.22. The second kappa shape index (κ2) is 3.29. The van der Waals surface area contributed by atoms with E-state index in [1.807, 2.05) is 0 Å². The van der Waals surface area contributed by atoms with Crippen LogP contribution in [-0.2, 0) is 0 Å². The van der Waals surface area contributed by atoms with Crippen LogP contribution < -0.4 is 0 Å². The molecule has 0 aromatic rings. The van der Waals surface area contributed by atoms with Crippen LogP contribution in [0.2, 0.25) is 0 Å². The van der Waals surface area contributed by atoms with Crippen molar-refractivity contribution in [3.05, 3.63) is 36.5 Å². The van der Waals surface area contributed by atoms with Crippen LogP contribution in [0, 0.1) is 5.92 Å². The highest BCUT2D eigenvalue weighted by atomic mass is 14.0. The van der Waals surface area contributed by atoms with E-state index in [1.54, 1.807) is 0 Å². The van der Waals surface area contributed by atoms with Crippen molar-refractivity contribution in [1.82, 2.24) is 0 Å². The van der Waals surface area contributed by atoms with Crippen molar-refractivity contribution in [2.75, 3.05) is 0 Å². The Labute approximate surface area is 56.6 Å². The molecule has 0 nitrogen and oxygen atoms in total. The Kier molecular flexibility index (Phi) is 2.32. The number of rotatable bonds is 1. The monoisotopic (exact) mass is 120 g/mol. The van der Waals surface area contributed by atoms with Crippen molar-refractivity contribution in [2.24, 2.45) is 5.92 Å². The van der Waals surface area contributed by atoms with Gasteiger partial charge < -0.3 is 0 Å². The lowest BCUT2D eigenvalue weighted by molar-refractivity contribution is 0.821. The maximum Gasteiger partial charge on any atom is -0.00158 e. The Morgan fingerprint density at radius 2 is 2.33 bits per heavy atom.